The van der Waals surface area contributed by atoms with Crippen LogP contribution in [0.25, 0.3) is 0 Å². The van der Waals surface area contributed by atoms with Gasteiger partial charge in [0.15, 0.2) is 5.69 Å². The zero-order chi connectivity index (χ0) is 13.2. The first-order valence-corrected chi connectivity index (χ1v) is 6.96. The molecule has 0 spiro atoms. The summed E-state index contributed by atoms with van der Waals surface area (Å²) in [5.41, 5.74) is 7.76. The Balaban J connectivity index is 1.77. The first-order chi connectivity index (χ1) is 9.25. The average molecular weight is 274 g/mol. The maximum absolute atomic E-state index is 12.2. The van der Waals surface area contributed by atoms with Crippen LogP contribution in [0.15, 0.2) is 35.7 Å². The second-order valence-corrected chi connectivity index (χ2v) is 5.29. The molecule has 1 aliphatic heterocycles. The summed E-state index contributed by atoms with van der Waals surface area (Å²) in [5, 5.41) is 5.49. The fraction of sp³-hybridized carbons (Fsp3) is 0.308. The minimum atomic E-state index is -0.0809. The number of rotatable bonds is 2. The molecule has 2 heterocycles. The number of likely N-dealkylation sites (tertiary alicyclic amines) is 1. The van der Waals surface area contributed by atoms with Gasteiger partial charge in [-0.1, -0.05) is 34.8 Å². The smallest absolute Gasteiger partial charge is 0.275 e. The van der Waals surface area contributed by atoms with E-state index < -0.39 is 0 Å². The van der Waals surface area contributed by atoms with E-state index in [0.717, 1.165) is 0 Å². The number of hydrogen-bond acceptors (Lipinski definition) is 5. The summed E-state index contributed by atoms with van der Waals surface area (Å²) in [5.74, 6) is 0.111. The average Bonchev–Trinajstić information content (AvgIpc) is 3.08. The highest BCUT2D eigenvalue weighted by atomic mass is 32.1. The van der Waals surface area contributed by atoms with Gasteiger partial charge in [0, 0.05) is 30.4 Å². The predicted molar refractivity (Wildman–Crippen MR) is 73.0 cm³/mol. The molecule has 2 N–H and O–H groups in total. The monoisotopic (exact) mass is 274 g/mol. The van der Waals surface area contributed by atoms with Crippen molar-refractivity contribution in [2.24, 2.45) is 5.73 Å². The Morgan fingerprint density at radius 3 is 2.79 bits per heavy atom. The molecule has 1 aromatic heterocycles. The van der Waals surface area contributed by atoms with Crippen LogP contribution in [0, 0.1) is 0 Å². The predicted octanol–water partition coefficient (Wildman–Crippen LogP) is 1.10. The van der Waals surface area contributed by atoms with E-state index in [0.29, 0.717) is 18.8 Å². The fourth-order valence-electron chi connectivity index (χ4n) is 2.47. The molecule has 0 aliphatic carbocycles. The van der Waals surface area contributed by atoms with Crippen LogP contribution < -0.4 is 5.73 Å². The first kappa shape index (κ1) is 12.3. The Morgan fingerprint density at radius 2 is 2.11 bits per heavy atom. The van der Waals surface area contributed by atoms with Crippen molar-refractivity contribution in [1.82, 2.24) is 14.5 Å². The van der Waals surface area contributed by atoms with Gasteiger partial charge >= 0.3 is 0 Å². The Morgan fingerprint density at radius 1 is 1.32 bits per heavy atom. The lowest BCUT2D eigenvalue weighted by Crippen LogP contribution is -2.32. The van der Waals surface area contributed by atoms with Crippen molar-refractivity contribution >= 4 is 17.4 Å². The molecular formula is C13H14N4OS. The SMILES string of the molecule is N[C@@H]1CN(C(=O)c2csnn2)C[C@H]1c1ccccc1. The summed E-state index contributed by atoms with van der Waals surface area (Å²) in [6, 6.07) is 10.1. The van der Waals surface area contributed by atoms with Crippen LogP contribution in [0.4, 0.5) is 0 Å². The van der Waals surface area contributed by atoms with E-state index in [9.17, 15) is 4.79 Å². The Labute approximate surface area is 115 Å². The summed E-state index contributed by atoms with van der Waals surface area (Å²) >= 11 is 1.18. The molecule has 3 rings (SSSR count). The van der Waals surface area contributed by atoms with E-state index in [1.165, 1.54) is 17.1 Å². The highest BCUT2D eigenvalue weighted by Gasteiger charge is 2.34. The molecular weight excluding hydrogens is 260 g/mol. The van der Waals surface area contributed by atoms with Gasteiger partial charge in [-0.25, -0.2) is 0 Å². The van der Waals surface area contributed by atoms with E-state index in [1.54, 1.807) is 10.3 Å². The molecule has 1 saturated heterocycles. The lowest BCUT2D eigenvalue weighted by Gasteiger charge is -2.15. The number of carbonyl (C=O) groups is 1. The number of nitrogens with two attached hydrogens (primary N) is 1. The molecule has 1 fully saturated rings. The van der Waals surface area contributed by atoms with Gasteiger partial charge < -0.3 is 10.6 Å². The van der Waals surface area contributed by atoms with Crippen molar-refractivity contribution in [2.45, 2.75) is 12.0 Å². The van der Waals surface area contributed by atoms with Crippen LogP contribution in [0.2, 0.25) is 0 Å². The van der Waals surface area contributed by atoms with Crippen molar-refractivity contribution in [3.8, 4) is 0 Å². The lowest BCUT2D eigenvalue weighted by atomic mass is 9.95. The van der Waals surface area contributed by atoms with E-state index in [4.69, 9.17) is 5.73 Å². The number of aromatic nitrogens is 2. The summed E-state index contributed by atoms with van der Waals surface area (Å²) < 4.78 is 3.72. The molecule has 5 nitrogen and oxygen atoms in total. The maximum Gasteiger partial charge on any atom is 0.275 e. The van der Waals surface area contributed by atoms with E-state index >= 15 is 0 Å². The van der Waals surface area contributed by atoms with Crippen molar-refractivity contribution in [2.75, 3.05) is 13.1 Å². The number of carbonyl (C=O) groups excluding carboxylic acids is 1. The normalized spacial score (nSPS) is 22.7. The van der Waals surface area contributed by atoms with Crippen LogP contribution in [0.1, 0.15) is 22.0 Å². The second-order valence-electron chi connectivity index (χ2n) is 4.68. The summed E-state index contributed by atoms with van der Waals surface area (Å²) in [4.78, 5) is 14.0. The Kier molecular flexibility index (Phi) is 3.27. The molecule has 1 amide bonds. The van der Waals surface area contributed by atoms with Crippen molar-refractivity contribution < 1.29 is 4.79 Å². The topological polar surface area (TPSA) is 72.1 Å². The van der Waals surface area contributed by atoms with Crippen LogP contribution in [0.5, 0.6) is 0 Å². The number of nitrogens with zero attached hydrogens (tertiary/aromatic N) is 3. The van der Waals surface area contributed by atoms with Gasteiger partial charge in [0.05, 0.1) is 0 Å². The number of benzene rings is 1. The van der Waals surface area contributed by atoms with Gasteiger partial charge in [0.1, 0.15) is 0 Å². The first-order valence-electron chi connectivity index (χ1n) is 6.12. The number of hydrogen-bond donors (Lipinski definition) is 1. The quantitative estimate of drug-likeness (QED) is 0.890. The third kappa shape index (κ3) is 2.36. The molecule has 19 heavy (non-hydrogen) atoms. The van der Waals surface area contributed by atoms with Crippen LogP contribution in [-0.2, 0) is 0 Å². The summed E-state index contributed by atoms with van der Waals surface area (Å²) in [6.07, 6.45) is 0. The van der Waals surface area contributed by atoms with Crippen molar-refractivity contribution in [3.63, 3.8) is 0 Å². The zero-order valence-electron chi connectivity index (χ0n) is 10.3. The Bertz CT molecular complexity index is 557. The molecule has 0 saturated carbocycles. The van der Waals surface area contributed by atoms with Gasteiger partial charge in [-0.15, -0.1) is 5.10 Å². The second kappa shape index (κ2) is 5.07. The highest BCUT2D eigenvalue weighted by molar-refractivity contribution is 7.03. The molecule has 6 heteroatoms. The summed E-state index contributed by atoms with van der Waals surface area (Å²) in [6.45, 7) is 1.21. The summed E-state index contributed by atoms with van der Waals surface area (Å²) in [7, 11) is 0. The molecule has 0 bridgehead atoms. The van der Waals surface area contributed by atoms with Crippen molar-refractivity contribution in [1.29, 1.82) is 0 Å². The highest BCUT2D eigenvalue weighted by Crippen LogP contribution is 2.27. The van der Waals surface area contributed by atoms with Crippen LogP contribution in [-0.4, -0.2) is 39.5 Å². The largest absolute Gasteiger partial charge is 0.335 e. The van der Waals surface area contributed by atoms with Gasteiger partial charge in [-0.2, -0.15) is 0 Å². The van der Waals surface area contributed by atoms with Gasteiger partial charge in [0.25, 0.3) is 5.91 Å². The third-order valence-electron chi connectivity index (χ3n) is 3.46. The lowest BCUT2D eigenvalue weighted by molar-refractivity contribution is 0.0783. The Hall–Kier alpha value is -1.79. The number of amides is 1. The van der Waals surface area contributed by atoms with E-state index in [-0.39, 0.29) is 17.9 Å². The third-order valence-corrected chi connectivity index (χ3v) is 3.96. The molecule has 2 atom stereocenters. The molecule has 1 aliphatic rings. The zero-order valence-corrected chi connectivity index (χ0v) is 11.1. The van der Waals surface area contributed by atoms with Crippen LogP contribution in [0.3, 0.4) is 0 Å². The fourth-order valence-corrected chi connectivity index (χ4v) is 2.90. The van der Waals surface area contributed by atoms with E-state index in [2.05, 4.69) is 21.7 Å². The molecule has 0 radical (unpaired) electrons. The maximum atomic E-state index is 12.2. The van der Waals surface area contributed by atoms with Gasteiger partial charge in [-0.3, -0.25) is 4.79 Å². The van der Waals surface area contributed by atoms with Crippen molar-refractivity contribution in [3.05, 3.63) is 47.0 Å². The molecule has 98 valence electrons. The van der Waals surface area contributed by atoms with Gasteiger partial charge in [-0.05, 0) is 17.1 Å². The molecule has 1 aromatic carbocycles. The van der Waals surface area contributed by atoms with E-state index in [1.807, 2.05) is 18.2 Å². The van der Waals surface area contributed by atoms with Gasteiger partial charge in [0.2, 0.25) is 0 Å². The minimum absolute atomic E-state index is 0.0297. The minimum Gasteiger partial charge on any atom is -0.335 e. The molecule has 0 unspecified atom stereocenters. The van der Waals surface area contributed by atoms with Crippen LogP contribution >= 0.6 is 11.5 Å². The standard InChI is InChI=1S/C13H14N4OS/c14-11-7-17(13(18)12-8-19-16-15-12)6-10(11)9-4-2-1-3-5-9/h1-5,8,10-11H,6-7,14H2/t10-,11+/m0/s1. The molecule has 2 aromatic rings.